The number of carbonyl (C=O) groups is 1. The van der Waals surface area contributed by atoms with Crippen molar-refractivity contribution in [1.82, 2.24) is 14.5 Å². The van der Waals surface area contributed by atoms with Gasteiger partial charge in [0.15, 0.2) is 0 Å². The molecule has 30 heavy (non-hydrogen) atoms. The van der Waals surface area contributed by atoms with E-state index in [2.05, 4.69) is 4.98 Å². The second-order valence-electron chi connectivity index (χ2n) is 7.51. The molecule has 5 rings (SSSR count). The summed E-state index contributed by atoms with van der Waals surface area (Å²) < 4.78 is 1.85. The van der Waals surface area contributed by atoms with Crippen LogP contribution in [0.1, 0.15) is 28.6 Å². The molecule has 4 aromatic rings. The van der Waals surface area contributed by atoms with Crippen molar-refractivity contribution in [2.24, 2.45) is 0 Å². The Hall–Kier alpha value is -2.83. The number of rotatable bonds is 3. The maximum atomic E-state index is 13.0. The van der Waals surface area contributed by atoms with Gasteiger partial charge in [0.05, 0.1) is 15.9 Å². The monoisotopic (exact) mass is 437 g/mol. The number of nitrogens with zero attached hydrogens (tertiary/aromatic N) is 2. The summed E-state index contributed by atoms with van der Waals surface area (Å²) in [7, 11) is 0. The molecule has 1 N–H and O–H groups in total. The first-order chi connectivity index (χ1) is 14.6. The summed E-state index contributed by atoms with van der Waals surface area (Å²) in [5, 5.41) is 0.698. The van der Waals surface area contributed by atoms with Gasteiger partial charge in [-0.1, -0.05) is 35.9 Å². The molecule has 0 bridgehead atoms. The molecule has 0 atom stereocenters. The first kappa shape index (κ1) is 19.2. The molecule has 1 aliphatic heterocycles. The molecule has 0 unspecified atom stereocenters. The van der Waals surface area contributed by atoms with Gasteiger partial charge < -0.3 is 9.88 Å². The van der Waals surface area contributed by atoms with Gasteiger partial charge in [-0.25, -0.2) is 4.79 Å². The van der Waals surface area contributed by atoms with Gasteiger partial charge in [-0.15, -0.1) is 11.3 Å². The van der Waals surface area contributed by atoms with Gasteiger partial charge >= 0.3 is 5.69 Å². The second-order valence-corrected chi connectivity index (χ2v) is 9.03. The van der Waals surface area contributed by atoms with E-state index in [1.807, 2.05) is 70.1 Å². The van der Waals surface area contributed by atoms with Crippen molar-refractivity contribution < 1.29 is 4.79 Å². The SMILES string of the molecule is O=C(c1ccc(-c2ccc(Cl)cc2)s1)N1CCC(n2c(=O)[nH]c3ccccc32)CC1. The predicted molar refractivity (Wildman–Crippen MR) is 121 cm³/mol. The summed E-state index contributed by atoms with van der Waals surface area (Å²) in [6.45, 7) is 1.28. The average Bonchev–Trinajstić information content (AvgIpc) is 3.38. The van der Waals surface area contributed by atoms with Crippen molar-refractivity contribution in [1.29, 1.82) is 0 Å². The number of imidazole rings is 1. The fourth-order valence-corrected chi connectivity index (χ4v) is 5.25. The minimum atomic E-state index is -0.0770. The molecule has 152 valence electrons. The van der Waals surface area contributed by atoms with E-state index in [1.165, 1.54) is 11.3 Å². The number of benzene rings is 2. The Balaban J connectivity index is 1.30. The van der Waals surface area contributed by atoms with E-state index in [0.717, 1.165) is 39.2 Å². The Bertz CT molecular complexity index is 1260. The second kappa shape index (κ2) is 7.78. The highest BCUT2D eigenvalue weighted by Crippen LogP contribution is 2.31. The van der Waals surface area contributed by atoms with Crippen LogP contribution in [0, 0.1) is 0 Å². The van der Waals surface area contributed by atoms with Crippen LogP contribution in [0.3, 0.4) is 0 Å². The largest absolute Gasteiger partial charge is 0.338 e. The van der Waals surface area contributed by atoms with Crippen LogP contribution in [0.15, 0.2) is 65.5 Å². The zero-order valence-electron chi connectivity index (χ0n) is 16.2. The van der Waals surface area contributed by atoms with Crippen LogP contribution in [0.25, 0.3) is 21.5 Å². The van der Waals surface area contributed by atoms with E-state index in [-0.39, 0.29) is 17.6 Å². The lowest BCUT2D eigenvalue weighted by Crippen LogP contribution is -2.40. The van der Waals surface area contributed by atoms with E-state index in [9.17, 15) is 9.59 Å². The number of halogens is 1. The van der Waals surface area contributed by atoms with E-state index in [1.54, 1.807) is 0 Å². The number of piperidine rings is 1. The number of fused-ring (bicyclic) bond motifs is 1. The fraction of sp³-hybridized carbons (Fsp3) is 0.217. The molecule has 5 nitrogen and oxygen atoms in total. The van der Waals surface area contributed by atoms with Crippen molar-refractivity contribution in [2.75, 3.05) is 13.1 Å². The van der Waals surface area contributed by atoms with Crippen LogP contribution in [-0.2, 0) is 0 Å². The quantitative estimate of drug-likeness (QED) is 0.479. The summed E-state index contributed by atoms with van der Waals surface area (Å²) in [5.74, 6) is 0.0601. The van der Waals surface area contributed by atoms with Gasteiger partial charge in [-0.3, -0.25) is 9.36 Å². The Morgan fingerprint density at radius 3 is 2.50 bits per heavy atom. The number of hydrogen-bond acceptors (Lipinski definition) is 3. The molecule has 2 aromatic heterocycles. The van der Waals surface area contributed by atoms with E-state index >= 15 is 0 Å². The molecule has 1 amide bonds. The molecular weight excluding hydrogens is 418 g/mol. The molecule has 0 aliphatic carbocycles. The van der Waals surface area contributed by atoms with E-state index < -0.39 is 0 Å². The molecule has 3 heterocycles. The Labute approximate surface area is 182 Å². The van der Waals surface area contributed by atoms with Crippen molar-refractivity contribution in [2.45, 2.75) is 18.9 Å². The average molecular weight is 438 g/mol. The Morgan fingerprint density at radius 1 is 1.00 bits per heavy atom. The summed E-state index contributed by atoms with van der Waals surface area (Å²) in [4.78, 5) is 32.1. The zero-order valence-corrected chi connectivity index (χ0v) is 17.7. The molecule has 0 radical (unpaired) electrons. The third-order valence-corrected chi connectivity index (χ3v) is 7.06. The summed E-state index contributed by atoms with van der Waals surface area (Å²) >= 11 is 7.47. The van der Waals surface area contributed by atoms with Crippen LogP contribution < -0.4 is 5.69 Å². The third kappa shape index (κ3) is 3.46. The normalized spacial score (nSPS) is 15.0. The van der Waals surface area contributed by atoms with Crippen LogP contribution in [0.5, 0.6) is 0 Å². The number of nitrogens with one attached hydrogen (secondary N) is 1. The maximum absolute atomic E-state index is 13.0. The van der Waals surface area contributed by atoms with Crippen LogP contribution in [-0.4, -0.2) is 33.4 Å². The van der Waals surface area contributed by atoms with Crippen LogP contribution in [0.4, 0.5) is 0 Å². The Morgan fingerprint density at radius 2 is 1.73 bits per heavy atom. The van der Waals surface area contributed by atoms with Gasteiger partial charge in [-0.05, 0) is 54.8 Å². The van der Waals surface area contributed by atoms with Crippen molar-refractivity contribution in [3.8, 4) is 10.4 Å². The van der Waals surface area contributed by atoms with Crippen molar-refractivity contribution >= 4 is 39.9 Å². The molecule has 0 spiro atoms. The molecule has 1 aliphatic rings. The Kier molecular flexibility index (Phi) is 4.97. The minimum absolute atomic E-state index is 0.0601. The third-order valence-electron chi connectivity index (χ3n) is 5.69. The molecule has 1 fully saturated rings. The number of aromatic amines is 1. The summed E-state index contributed by atoms with van der Waals surface area (Å²) in [5.41, 5.74) is 2.76. The molecule has 7 heteroatoms. The smallest absolute Gasteiger partial charge is 0.326 e. The highest BCUT2D eigenvalue weighted by atomic mass is 35.5. The van der Waals surface area contributed by atoms with Crippen LogP contribution in [0.2, 0.25) is 5.02 Å². The lowest BCUT2D eigenvalue weighted by molar-refractivity contribution is 0.0700. The number of para-hydroxylation sites is 2. The molecule has 1 saturated heterocycles. The highest BCUT2D eigenvalue weighted by Gasteiger charge is 2.27. The standard InChI is InChI=1S/C23H20ClN3O2S/c24-16-7-5-15(6-8-16)20-9-10-21(30-20)22(28)26-13-11-17(12-14-26)27-19-4-2-1-3-18(19)25-23(27)29/h1-10,17H,11-14H2,(H,25,29). The zero-order chi connectivity index (χ0) is 20.7. The molecular formula is C23H20ClN3O2S. The van der Waals surface area contributed by atoms with E-state index in [4.69, 9.17) is 11.6 Å². The number of carbonyl (C=O) groups excluding carboxylic acids is 1. The van der Waals surface area contributed by atoms with Crippen LogP contribution >= 0.6 is 22.9 Å². The number of amides is 1. The maximum Gasteiger partial charge on any atom is 0.326 e. The van der Waals surface area contributed by atoms with Gasteiger partial charge in [0.1, 0.15) is 0 Å². The molecule has 2 aromatic carbocycles. The number of aromatic nitrogens is 2. The first-order valence-corrected chi connectivity index (χ1v) is 11.1. The molecule has 0 saturated carbocycles. The number of thiophene rings is 1. The van der Waals surface area contributed by atoms with Gasteiger partial charge in [0, 0.05) is 29.0 Å². The number of H-pyrrole nitrogens is 1. The summed E-state index contributed by atoms with van der Waals surface area (Å²) in [6.07, 6.45) is 1.53. The summed E-state index contributed by atoms with van der Waals surface area (Å²) in [6, 6.07) is 19.4. The number of hydrogen-bond donors (Lipinski definition) is 1. The van der Waals surface area contributed by atoms with Crippen molar-refractivity contribution in [3.05, 3.63) is 81.0 Å². The first-order valence-electron chi connectivity index (χ1n) is 9.94. The lowest BCUT2D eigenvalue weighted by Gasteiger charge is -2.32. The topological polar surface area (TPSA) is 58.1 Å². The van der Waals surface area contributed by atoms with E-state index in [0.29, 0.717) is 18.1 Å². The lowest BCUT2D eigenvalue weighted by atomic mass is 10.0. The van der Waals surface area contributed by atoms with Gasteiger partial charge in [0.2, 0.25) is 0 Å². The fourth-order valence-electron chi connectivity index (χ4n) is 4.14. The van der Waals surface area contributed by atoms with Crippen molar-refractivity contribution in [3.63, 3.8) is 0 Å². The van der Waals surface area contributed by atoms with Gasteiger partial charge in [-0.2, -0.15) is 0 Å². The van der Waals surface area contributed by atoms with Gasteiger partial charge in [0.25, 0.3) is 5.91 Å². The number of likely N-dealkylation sites (tertiary alicyclic amines) is 1. The predicted octanol–water partition coefficient (Wildman–Crippen LogP) is 5.19. The highest BCUT2D eigenvalue weighted by molar-refractivity contribution is 7.17. The minimum Gasteiger partial charge on any atom is -0.338 e.